The van der Waals surface area contributed by atoms with Crippen LogP contribution in [-0.4, -0.2) is 4.98 Å². The lowest BCUT2D eigenvalue weighted by atomic mass is 10.0. The number of rotatable bonds is 7. The molecule has 0 unspecified atom stereocenters. The molecule has 94 valence electrons. The molecule has 1 aromatic rings. The minimum absolute atomic E-state index is 0.659. The SMILES string of the molecule is C=CCc1nc(N)sc1C(=CC)CCCCC. The van der Waals surface area contributed by atoms with Crippen LogP contribution in [0.15, 0.2) is 18.7 Å². The first-order chi connectivity index (χ1) is 8.22. The van der Waals surface area contributed by atoms with Crippen molar-refractivity contribution in [2.75, 3.05) is 5.73 Å². The predicted octanol–water partition coefficient (Wildman–Crippen LogP) is 4.44. The second kappa shape index (κ2) is 7.28. The molecule has 0 fully saturated rings. The van der Waals surface area contributed by atoms with Crippen molar-refractivity contribution in [3.8, 4) is 0 Å². The lowest BCUT2D eigenvalue weighted by Crippen LogP contribution is -1.90. The van der Waals surface area contributed by atoms with E-state index in [-0.39, 0.29) is 0 Å². The quantitative estimate of drug-likeness (QED) is 0.574. The standard InChI is InChI=1S/C14H22N2S/c1-4-7-8-10-11(6-3)13-12(9-5-2)16-14(15)17-13/h5-6H,2,4,7-10H2,1,3H3,(H2,15,16). The summed E-state index contributed by atoms with van der Waals surface area (Å²) in [4.78, 5) is 5.63. The van der Waals surface area contributed by atoms with E-state index in [4.69, 9.17) is 5.73 Å². The maximum absolute atomic E-state index is 5.80. The van der Waals surface area contributed by atoms with Crippen molar-refractivity contribution in [2.24, 2.45) is 0 Å². The van der Waals surface area contributed by atoms with Crippen LogP contribution in [0.25, 0.3) is 5.57 Å². The number of thiazole rings is 1. The highest BCUT2D eigenvalue weighted by atomic mass is 32.1. The van der Waals surface area contributed by atoms with E-state index in [1.54, 1.807) is 11.3 Å². The van der Waals surface area contributed by atoms with Crippen LogP contribution in [0.2, 0.25) is 0 Å². The molecule has 0 aromatic carbocycles. The third-order valence-electron chi connectivity index (χ3n) is 2.74. The summed E-state index contributed by atoms with van der Waals surface area (Å²) in [5.41, 5.74) is 8.26. The molecule has 0 aliphatic rings. The summed E-state index contributed by atoms with van der Waals surface area (Å²) in [5, 5.41) is 0.659. The molecule has 1 heterocycles. The first kappa shape index (κ1) is 14.0. The Kier molecular flexibility index (Phi) is 5.98. The molecule has 3 heteroatoms. The molecule has 0 saturated carbocycles. The van der Waals surface area contributed by atoms with Crippen molar-refractivity contribution < 1.29 is 0 Å². The van der Waals surface area contributed by atoms with Crippen LogP contribution in [-0.2, 0) is 6.42 Å². The molecule has 0 amide bonds. The van der Waals surface area contributed by atoms with E-state index in [0.717, 1.165) is 18.5 Å². The number of aromatic nitrogens is 1. The number of anilines is 1. The number of nitrogens with zero attached hydrogens (tertiary/aromatic N) is 1. The highest BCUT2D eigenvalue weighted by Crippen LogP contribution is 2.31. The summed E-state index contributed by atoms with van der Waals surface area (Å²) in [5.74, 6) is 0. The molecule has 0 radical (unpaired) electrons. The normalized spacial score (nSPS) is 11.8. The van der Waals surface area contributed by atoms with Crippen LogP contribution >= 0.6 is 11.3 Å². The Bertz CT molecular complexity index is 391. The lowest BCUT2D eigenvalue weighted by molar-refractivity contribution is 0.735. The van der Waals surface area contributed by atoms with E-state index in [2.05, 4.69) is 31.5 Å². The Balaban J connectivity index is 2.83. The average molecular weight is 250 g/mol. The highest BCUT2D eigenvalue weighted by molar-refractivity contribution is 7.16. The van der Waals surface area contributed by atoms with Gasteiger partial charge in [0.05, 0.1) is 10.6 Å². The van der Waals surface area contributed by atoms with Gasteiger partial charge in [0.2, 0.25) is 0 Å². The van der Waals surface area contributed by atoms with Crippen LogP contribution in [0.1, 0.15) is 50.1 Å². The van der Waals surface area contributed by atoms with E-state index in [1.807, 2.05) is 6.08 Å². The minimum atomic E-state index is 0.659. The van der Waals surface area contributed by atoms with Gasteiger partial charge in [-0.1, -0.05) is 43.3 Å². The summed E-state index contributed by atoms with van der Waals surface area (Å²) < 4.78 is 0. The number of hydrogen-bond donors (Lipinski definition) is 1. The molecule has 0 atom stereocenters. The van der Waals surface area contributed by atoms with Gasteiger partial charge in [0, 0.05) is 6.42 Å². The van der Waals surface area contributed by atoms with Gasteiger partial charge < -0.3 is 5.73 Å². The van der Waals surface area contributed by atoms with Gasteiger partial charge in [-0.15, -0.1) is 6.58 Å². The molecule has 0 aliphatic heterocycles. The molecule has 0 aliphatic carbocycles. The fraction of sp³-hybridized carbons (Fsp3) is 0.500. The zero-order valence-corrected chi connectivity index (χ0v) is 11.6. The number of nitrogens with two attached hydrogens (primary N) is 1. The molecule has 17 heavy (non-hydrogen) atoms. The summed E-state index contributed by atoms with van der Waals surface area (Å²) in [6.07, 6.45) is 9.77. The summed E-state index contributed by atoms with van der Waals surface area (Å²) in [6, 6.07) is 0. The van der Waals surface area contributed by atoms with Crippen molar-refractivity contribution in [3.05, 3.63) is 29.3 Å². The second-order valence-electron chi connectivity index (χ2n) is 4.09. The monoisotopic (exact) mass is 250 g/mol. The minimum Gasteiger partial charge on any atom is -0.375 e. The second-order valence-corrected chi connectivity index (χ2v) is 5.12. The zero-order valence-electron chi connectivity index (χ0n) is 10.8. The van der Waals surface area contributed by atoms with Crippen LogP contribution in [0.4, 0.5) is 5.13 Å². The van der Waals surface area contributed by atoms with Gasteiger partial charge in [-0.2, -0.15) is 0 Å². The van der Waals surface area contributed by atoms with E-state index >= 15 is 0 Å². The Labute approximate surface area is 108 Å². The fourth-order valence-corrected chi connectivity index (χ4v) is 2.81. The van der Waals surface area contributed by atoms with Crippen LogP contribution in [0.5, 0.6) is 0 Å². The maximum Gasteiger partial charge on any atom is 0.180 e. The smallest absolute Gasteiger partial charge is 0.180 e. The highest BCUT2D eigenvalue weighted by Gasteiger charge is 2.12. The van der Waals surface area contributed by atoms with Gasteiger partial charge in [-0.3, -0.25) is 0 Å². The Morgan fingerprint density at radius 1 is 1.47 bits per heavy atom. The zero-order chi connectivity index (χ0) is 12.7. The van der Waals surface area contributed by atoms with Gasteiger partial charge in [-0.05, 0) is 25.3 Å². The molecule has 1 aromatic heterocycles. The molecule has 1 rings (SSSR count). The van der Waals surface area contributed by atoms with Crippen molar-refractivity contribution in [1.82, 2.24) is 4.98 Å². The first-order valence-electron chi connectivity index (χ1n) is 6.24. The fourth-order valence-electron chi connectivity index (χ4n) is 1.85. The third-order valence-corrected chi connectivity index (χ3v) is 3.74. The van der Waals surface area contributed by atoms with Crippen molar-refractivity contribution in [1.29, 1.82) is 0 Å². The number of unbranched alkanes of at least 4 members (excludes halogenated alkanes) is 2. The maximum atomic E-state index is 5.80. The van der Waals surface area contributed by atoms with Crippen molar-refractivity contribution in [2.45, 2.75) is 46.0 Å². The average Bonchev–Trinajstić information content (AvgIpc) is 2.66. The molecule has 0 spiro atoms. The van der Waals surface area contributed by atoms with Gasteiger partial charge in [-0.25, -0.2) is 4.98 Å². The van der Waals surface area contributed by atoms with Crippen molar-refractivity contribution in [3.63, 3.8) is 0 Å². The largest absolute Gasteiger partial charge is 0.375 e. The van der Waals surface area contributed by atoms with Crippen LogP contribution in [0, 0.1) is 0 Å². The van der Waals surface area contributed by atoms with Gasteiger partial charge in [0.15, 0.2) is 5.13 Å². The summed E-state index contributed by atoms with van der Waals surface area (Å²) in [7, 11) is 0. The predicted molar refractivity (Wildman–Crippen MR) is 78.2 cm³/mol. The van der Waals surface area contributed by atoms with E-state index in [1.165, 1.54) is 29.7 Å². The van der Waals surface area contributed by atoms with Crippen molar-refractivity contribution >= 4 is 22.0 Å². The number of hydrogen-bond acceptors (Lipinski definition) is 3. The Hall–Kier alpha value is -1.09. The van der Waals surface area contributed by atoms with E-state index in [9.17, 15) is 0 Å². The summed E-state index contributed by atoms with van der Waals surface area (Å²) in [6.45, 7) is 8.09. The van der Waals surface area contributed by atoms with Crippen LogP contribution < -0.4 is 5.73 Å². The molecule has 0 bridgehead atoms. The molecule has 0 saturated heterocycles. The van der Waals surface area contributed by atoms with Crippen LogP contribution in [0.3, 0.4) is 0 Å². The lowest BCUT2D eigenvalue weighted by Gasteiger charge is -2.05. The topological polar surface area (TPSA) is 38.9 Å². The first-order valence-corrected chi connectivity index (χ1v) is 7.06. The number of allylic oxidation sites excluding steroid dienone is 3. The van der Waals surface area contributed by atoms with E-state index in [0.29, 0.717) is 5.13 Å². The Morgan fingerprint density at radius 2 is 2.24 bits per heavy atom. The molecular formula is C14H22N2S. The molecular weight excluding hydrogens is 228 g/mol. The van der Waals surface area contributed by atoms with Gasteiger partial charge >= 0.3 is 0 Å². The molecule has 2 N–H and O–H groups in total. The number of nitrogen functional groups attached to an aromatic ring is 1. The summed E-state index contributed by atoms with van der Waals surface area (Å²) >= 11 is 1.60. The molecule has 2 nitrogen and oxygen atoms in total. The Morgan fingerprint density at radius 3 is 2.82 bits per heavy atom. The van der Waals surface area contributed by atoms with Gasteiger partial charge in [0.1, 0.15) is 0 Å². The van der Waals surface area contributed by atoms with Gasteiger partial charge in [0.25, 0.3) is 0 Å². The third kappa shape index (κ3) is 4.00. The van der Waals surface area contributed by atoms with E-state index < -0.39 is 0 Å².